The minimum absolute atomic E-state index is 0.0606. The van der Waals surface area contributed by atoms with Crippen molar-refractivity contribution in [3.63, 3.8) is 0 Å². The molecule has 2 rings (SSSR count). The first kappa shape index (κ1) is 14.9. The van der Waals surface area contributed by atoms with Gasteiger partial charge in [0, 0.05) is 0 Å². The van der Waals surface area contributed by atoms with Crippen molar-refractivity contribution in [2.24, 2.45) is 0 Å². The molecule has 21 heavy (non-hydrogen) atoms. The van der Waals surface area contributed by atoms with Crippen LogP contribution in [0.5, 0.6) is 11.5 Å². The van der Waals surface area contributed by atoms with Gasteiger partial charge in [-0.2, -0.15) is 0 Å². The van der Waals surface area contributed by atoms with Gasteiger partial charge >= 0.3 is 0 Å². The van der Waals surface area contributed by atoms with Crippen LogP contribution < -0.4 is 14.8 Å². The van der Waals surface area contributed by atoms with Crippen LogP contribution in [0.4, 0.5) is 0 Å². The number of amides is 1. The Kier molecular flexibility index (Phi) is 4.51. The molecule has 1 aromatic rings. The predicted molar refractivity (Wildman–Crippen MR) is 78.1 cm³/mol. The number of methoxy groups -OCH3 is 1. The molecule has 0 bridgehead atoms. The number of carbonyl (C=O) groups is 2. The smallest absolute Gasteiger partial charge is 0.232 e. The Hall–Kier alpha value is -2.45. The van der Waals surface area contributed by atoms with Crippen molar-refractivity contribution >= 4 is 29.4 Å². The van der Waals surface area contributed by atoms with E-state index in [9.17, 15) is 9.59 Å². The maximum Gasteiger partial charge on any atom is 0.232 e. The Morgan fingerprint density at radius 2 is 2.24 bits per heavy atom. The number of ketones is 1. The van der Waals surface area contributed by atoms with Gasteiger partial charge in [0.15, 0.2) is 17.3 Å². The third-order valence-electron chi connectivity index (χ3n) is 2.76. The van der Waals surface area contributed by atoms with Crippen LogP contribution in [-0.2, 0) is 9.59 Å². The lowest BCUT2D eigenvalue weighted by molar-refractivity contribution is -0.121. The van der Waals surface area contributed by atoms with Gasteiger partial charge in [-0.15, -0.1) is 6.42 Å². The van der Waals surface area contributed by atoms with E-state index in [0.29, 0.717) is 22.1 Å². The van der Waals surface area contributed by atoms with E-state index < -0.39 is 0 Å². The molecule has 0 aromatic heterocycles. The summed E-state index contributed by atoms with van der Waals surface area (Å²) < 4.78 is 10.5. The summed E-state index contributed by atoms with van der Waals surface area (Å²) in [5, 5.41) is 2.79. The molecule has 108 valence electrons. The summed E-state index contributed by atoms with van der Waals surface area (Å²) in [6, 6.07) is 3.24. The van der Waals surface area contributed by atoms with Crippen molar-refractivity contribution in [3.05, 3.63) is 28.4 Å². The zero-order chi connectivity index (χ0) is 15.4. The number of Topliss-reactive ketones (excluding diaryl/α,β-unsaturated/α-hetero) is 1. The highest BCUT2D eigenvalue weighted by Crippen LogP contribution is 2.37. The molecular weight excluding hydrogens is 294 g/mol. The molecule has 1 aliphatic rings. The Morgan fingerprint density at radius 3 is 2.81 bits per heavy atom. The first-order valence-electron chi connectivity index (χ1n) is 6.03. The average Bonchev–Trinajstić information content (AvgIpc) is 2.75. The Bertz CT molecular complexity index is 673. The van der Waals surface area contributed by atoms with Gasteiger partial charge < -0.3 is 14.8 Å². The molecule has 1 aliphatic heterocycles. The summed E-state index contributed by atoms with van der Waals surface area (Å²) >= 11 is 6.12. The molecule has 1 N–H and O–H groups in total. The summed E-state index contributed by atoms with van der Waals surface area (Å²) in [5.74, 6) is 2.48. The van der Waals surface area contributed by atoms with Gasteiger partial charge in [0.2, 0.25) is 5.91 Å². The van der Waals surface area contributed by atoms with Crippen LogP contribution in [0.15, 0.2) is 17.8 Å². The van der Waals surface area contributed by atoms with Crippen LogP contribution in [0.1, 0.15) is 12.0 Å². The lowest BCUT2D eigenvalue weighted by atomic mass is 10.1. The molecule has 0 spiro atoms. The van der Waals surface area contributed by atoms with E-state index >= 15 is 0 Å². The molecule has 0 radical (unpaired) electrons. The fourth-order valence-electron chi connectivity index (χ4n) is 1.87. The molecule has 5 nitrogen and oxygen atoms in total. The zero-order valence-corrected chi connectivity index (χ0v) is 12.0. The molecule has 0 saturated carbocycles. The number of benzene rings is 1. The molecule has 0 unspecified atom stereocenters. The standard InChI is InChI=1S/C15H12ClNO4/c1-3-4-21-15-10(16)5-9(7-13(15)20-2)6-11-12(18)8-14(19)17-11/h1,5-7H,4,8H2,2H3,(H,17,19)/b11-6-. The van der Waals surface area contributed by atoms with Gasteiger partial charge in [0.25, 0.3) is 0 Å². The molecule has 1 aromatic carbocycles. The summed E-state index contributed by atoms with van der Waals surface area (Å²) in [6.07, 6.45) is 6.53. The average molecular weight is 306 g/mol. The molecule has 1 fully saturated rings. The van der Waals surface area contributed by atoms with Crippen molar-refractivity contribution in [2.45, 2.75) is 6.42 Å². The van der Waals surface area contributed by atoms with Gasteiger partial charge in [-0.1, -0.05) is 17.5 Å². The second-order valence-corrected chi connectivity index (χ2v) is 4.64. The number of allylic oxidation sites excluding steroid dienone is 1. The Balaban J connectivity index is 2.37. The topological polar surface area (TPSA) is 64.6 Å². The number of hydrogen-bond donors (Lipinski definition) is 1. The molecular formula is C15H12ClNO4. The Labute approximate surface area is 126 Å². The van der Waals surface area contributed by atoms with Crippen LogP contribution in [0.2, 0.25) is 5.02 Å². The van der Waals surface area contributed by atoms with E-state index in [4.69, 9.17) is 27.5 Å². The zero-order valence-electron chi connectivity index (χ0n) is 11.2. The number of hydrogen-bond acceptors (Lipinski definition) is 4. The molecule has 0 aliphatic carbocycles. The van der Waals surface area contributed by atoms with Crippen molar-refractivity contribution < 1.29 is 19.1 Å². The third kappa shape index (κ3) is 3.36. The van der Waals surface area contributed by atoms with Gasteiger partial charge in [0.1, 0.15) is 6.61 Å². The summed E-state index contributed by atoms with van der Waals surface area (Å²) in [7, 11) is 1.47. The van der Waals surface area contributed by atoms with Crippen LogP contribution in [0.3, 0.4) is 0 Å². The molecule has 1 amide bonds. The van der Waals surface area contributed by atoms with Gasteiger partial charge in [0.05, 0.1) is 24.3 Å². The maximum absolute atomic E-state index is 11.6. The number of nitrogens with one attached hydrogen (secondary N) is 1. The monoisotopic (exact) mass is 305 g/mol. The maximum atomic E-state index is 11.6. The summed E-state index contributed by atoms with van der Waals surface area (Å²) in [5.41, 5.74) is 0.839. The molecule has 6 heteroatoms. The predicted octanol–water partition coefficient (Wildman–Crippen LogP) is 1.79. The molecule has 1 saturated heterocycles. The quantitative estimate of drug-likeness (QED) is 0.523. The highest BCUT2D eigenvalue weighted by atomic mass is 35.5. The lowest BCUT2D eigenvalue weighted by Gasteiger charge is -2.11. The van der Waals surface area contributed by atoms with Gasteiger partial charge in [-0.3, -0.25) is 9.59 Å². The molecule has 1 heterocycles. The van der Waals surface area contributed by atoms with Crippen molar-refractivity contribution in [1.29, 1.82) is 0 Å². The molecule has 0 atom stereocenters. The van der Waals surface area contributed by atoms with E-state index in [0.717, 1.165) is 0 Å². The summed E-state index contributed by atoms with van der Waals surface area (Å²) in [4.78, 5) is 22.7. The summed E-state index contributed by atoms with van der Waals surface area (Å²) in [6.45, 7) is 0.0606. The van der Waals surface area contributed by atoms with E-state index in [-0.39, 0.29) is 30.4 Å². The second-order valence-electron chi connectivity index (χ2n) is 4.23. The first-order chi connectivity index (χ1) is 10.0. The van der Waals surface area contributed by atoms with Crippen LogP contribution in [0, 0.1) is 12.3 Å². The number of carbonyl (C=O) groups excluding carboxylic acids is 2. The highest BCUT2D eigenvalue weighted by Gasteiger charge is 2.24. The highest BCUT2D eigenvalue weighted by molar-refractivity contribution is 6.32. The Morgan fingerprint density at radius 1 is 1.48 bits per heavy atom. The fraction of sp³-hybridized carbons (Fsp3) is 0.200. The SMILES string of the molecule is C#CCOc1c(Cl)cc(/C=C2\NC(=O)CC2=O)cc1OC. The third-order valence-corrected chi connectivity index (χ3v) is 3.04. The minimum atomic E-state index is -0.321. The van der Waals surface area contributed by atoms with Gasteiger partial charge in [-0.25, -0.2) is 0 Å². The second kappa shape index (κ2) is 6.33. The van der Waals surface area contributed by atoms with Crippen molar-refractivity contribution in [1.82, 2.24) is 5.32 Å². The first-order valence-corrected chi connectivity index (χ1v) is 6.41. The van der Waals surface area contributed by atoms with E-state index in [1.54, 1.807) is 12.1 Å². The van der Waals surface area contributed by atoms with E-state index in [2.05, 4.69) is 11.2 Å². The fourth-order valence-corrected chi connectivity index (χ4v) is 2.14. The van der Waals surface area contributed by atoms with Crippen LogP contribution >= 0.6 is 11.6 Å². The normalized spacial score (nSPS) is 15.8. The number of terminal acetylenes is 1. The number of rotatable bonds is 4. The number of halogens is 1. The van der Waals surface area contributed by atoms with Crippen molar-refractivity contribution in [2.75, 3.05) is 13.7 Å². The van der Waals surface area contributed by atoms with Crippen LogP contribution in [0.25, 0.3) is 6.08 Å². The van der Waals surface area contributed by atoms with E-state index in [1.165, 1.54) is 13.2 Å². The van der Waals surface area contributed by atoms with Crippen LogP contribution in [-0.4, -0.2) is 25.4 Å². The van der Waals surface area contributed by atoms with Gasteiger partial charge in [-0.05, 0) is 23.8 Å². The largest absolute Gasteiger partial charge is 0.493 e. The lowest BCUT2D eigenvalue weighted by Crippen LogP contribution is -2.12. The van der Waals surface area contributed by atoms with Crippen molar-refractivity contribution in [3.8, 4) is 23.8 Å². The number of ether oxygens (including phenoxy) is 2. The minimum Gasteiger partial charge on any atom is -0.493 e. The van der Waals surface area contributed by atoms with E-state index in [1.807, 2.05) is 0 Å².